The predicted octanol–water partition coefficient (Wildman–Crippen LogP) is 2.67. The highest BCUT2D eigenvalue weighted by Crippen LogP contribution is 2.67. The van der Waals surface area contributed by atoms with Crippen LogP contribution in [0.4, 0.5) is 10.3 Å². The number of para-hydroxylation sites is 1. The Kier molecular flexibility index (Phi) is 5.25. The van der Waals surface area contributed by atoms with Crippen molar-refractivity contribution in [2.24, 2.45) is 5.41 Å². The van der Waals surface area contributed by atoms with Crippen molar-refractivity contribution in [3.63, 3.8) is 0 Å². The summed E-state index contributed by atoms with van der Waals surface area (Å²) >= 11 is 0. The number of imidazole rings is 1. The van der Waals surface area contributed by atoms with Crippen LogP contribution in [0, 0.1) is 5.41 Å². The lowest BCUT2D eigenvalue weighted by atomic mass is 9.97. The molecule has 3 N–H and O–H groups in total. The summed E-state index contributed by atoms with van der Waals surface area (Å²) in [7, 11) is -2.66. The molecule has 6 atom stereocenters. The third kappa shape index (κ3) is 3.34. The maximum absolute atomic E-state index is 14.6. The second kappa shape index (κ2) is 7.99. The van der Waals surface area contributed by atoms with E-state index in [1.54, 1.807) is 37.3 Å². The van der Waals surface area contributed by atoms with E-state index in [1.165, 1.54) is 10.9 Å². The number of aliphatic hydroxyl groups excluding tert-OH is 1. The Bertz CT molecular complexity index is 1240. The van der Waals surface area contributed by atoms with E-state index in [4.69, 9.17) is 24.3 Å². The maximum Gasteiger partial charge on any atom is 0.750 e. The molecule has 0 spiro atoms. The molecule has 2 aliphatic rings. The van der Waals surface area contributed by atoms with E-state index in [0.717, 1.165) is 0 Å². The quantitative estimate of drug-likeness (QED) is 0.466. The normalized spacial score (nSPS) is 28.4. The molecule has 0 amide bonds. The third-order valence-corrected chi connectivity index (χ3v) is 6.47. The number of anilines is 1. The minimum Gasteiger partial charge on any atom is -0.476 e. The van der Waals surface area contributed by atoms with E-state index in [1.807, 2.05) is 0 Å². The van der Waals surface area contributed by atoms with Crippen LogP contribution < -0.4 is 15.0 Å². The first kappa shape index (κ1) is 21.7. The molecule has 13 heteroatoms. The molecule has 2 fully saturated rings. The SMILES string of the molecule is C=C(F)[C@]12C(O[P+](=O)Oc3ccccc3)[C@H]1O[C@@H](n1cnc3c(OCC)nc(N)nc31)[C@@H]2O. The first-order chi connectivity index (χ1) is 15.9. The number of hydrogen-bond acceptors (Lipinski definition) is 10. The zero-order valence-corrected chi connectivity index (χ0v) is 18.3. The Morgan fingerprint density at radius 3 is 2.82 bits per heavy atom. The fraction of sp³-hybridized carbons (Fsp3) is 0.350. The Labute approximate surface area is 187 Å². The summed E-state index contributed by atoms with van der Waals surface area (Å²) in [6, 6.07) is 8.38. The third-order valence-electron chi connectivity index (χ3n) is 5.71. The fourth-order valence-corrected chi connectivity index (χ4v) is 4.97. The molecule has 1 saturated carbocycles. The van der Waals surface area contributed by atoms with Gasteiger partial charge in [0.1, 0.15) is 23.4 Å². The largest absolute Gasteiger partial charge is 0.750 e. The lowest BCUT2D eigenvalue weighted by Crippen LogP contribution is -2.33. The van der Waals surface area contributed by atoms with E-state index in [2.05, 4.69) is 21.5 Å². The van der Waals surface area contributed by atoms with Gasteiger partial charge in [0.25, 0.3) is 0 Å². The number of ether oxygens (including phenoxy) is 2. The van der Waals surface area contributed by atoms with Crippen molar-refractivity contribution in [3.8, 4) is 11.6 Å². The molecule has 5 rings (SSSR count). The fourth-order valence-electron chi connectivity index (χ4n) is 4.17. The Balaban J connectivity index is 1.39. The van der Waals surface area contributed by atoms with Crippen LogP contribution >= 0.6 is 8.25 Å². The second-order valence-corrected chi connectivity index (χ2v) is 8.37. The Hall–Kier alpha value is -3.18. The summed E-state index contributed by atoms with van der Waals surface area (Å²) in [5.41, 5.74) is 4.71. The molecular weight excluding hydrogens is 456 g/mol. The van der Waals surface area contributed by atoms with Crippen molar-refractivity contribution in [1.29, 1.82) is 0 Å². The van der Waals surface area contributed by atoms with Gasteiger partial charge in [0.05, 0.1) is 12.9 Å². The molecule has 172 valence electrons. The van der Waals surface area contributed by atoms with Crippen LogP contribution in [0.1, 0.15) is 13.2 Å². The topological polar surface area (TPSA) is 144 Å². The first-order valence-electron chi connectivity index (χ1n) is 10.1. The van der Waals surface area contributed by atoms with Gasteiger partial charge in [-0.05, 0) is 19.1 Å². The Morgan fingerprint density at radius 2 is 2.15 bits per heavy atom. The second-order valence-electron chi connectivity index (χ2n) is 7.53. The zero-order valence-electron chi connectivity index (χ0n) is 17.4. The van der Waals surface area contributed by atoms with Gasteiger partial charge in [0, 0.05) is 4.57 Å². The van der Waals surface area contributed by atoms with E-state index in [-0.39, 0.29) is 17.5 Å². The number of rotatable bonds is 8. The highest BCUT2D eigenvalue weighted by molar-refractivity contribution is 7.33. The minimum atomic E-state index is -2.66. The highest BCUT2D eigenvalue weighted by atomic mass is 31.1. The average molecular weight is 476 g/mol. The van der Waals surface area contributed by atoms with Gasteiger partial charge in [-0.15, -0.1) is 4.52 Å². The van der Waals surface area contributed by atoms with Gasteiger partial charge in [-0.25, -0.2) is 13.9 Å². The first-order valence-corrected chi connectivity index (χ1v) is 11.2. The van der Waals surface area contributed by atoms with Crippen molar-refractivity contribution >= 4 is 25.4 Å². The number of nitrogen functional groups attached to an aromatic ring is 1. The molecule has 1 aliphatic heterocycles. The molecular formula is C20H20FN5O6P+. The van der Waals surface area contributed by atoms with Crippen LogP contribution in [0.2, 0.25) is 0 Å². The van der Waals surface area contributed by atoms with Gasteiger partial charge < -0.3 is 20.3 Å². The molecule has 33 heavy (non-hydrogen) atoms. The van der Waals surface area contributed by atoms with Crippen molar-refractivity contribution in [3.05, 3.63) is 49.1 Å². The molecule has 3 aromatic rings. The van der Waals surface area contributed by atoms with Crippen molar-refractivity contribution < 1.29 is 32.6 Å². The van der Waals surface area contributed by atoms with Gasteiger partial charge >= 0.3 is 8.25 Å². The summed E-state index contributed by atoms with van der Waals surface area (Å²) in [5.74, 6) is -0.420. The summed E-state index contributed by atoms with van der Waals surface area (Å²) in [4.78, 5) is 12.4. The lowest BCUT2D eigenvalue weighted by Gasteiger charge is -2.23. The Morgan fingerprint density at radius 1 is 1.39 bits per heavy atom. The standard InChI is InChI=1S/C20H20FN5O6P/c1-3-29-17-12-16(24-19(22)25-17)26(9-23-12)18-13(27)20(10(2)21)14(30-18)15(20)32-33(28)31-11-7-5-4-6-8-11/h4-9,13-15,18,27H,2-3H2,1H3,(H2,22,24,25)/q+1/t13-,14+,15?,18+,20+/m0/s1. The smallest absolute Gasteiger partial charge is 0.476 e. The highest BCUT2D eigenvalue weighted by Gasteiger charge is 2.83. The molecule has 0 radical (unpaired) electrons. The van der Waals surface area contributed by atoms with E-state index in [0.29, 0.717) is 17.9 Å². The molecule has 0 bridgehead atoms. The van der Waals surface area contributed by atoms with Crippen LogP contribution in [0.3, 0.4) is 0 Å². The summed E-state index contributed by atoms with van der Waals surface area (Å²) in [6.07, 6.45) is -3.17. The molecule has 2 unspecified atom stereocenters. The number of fused-ring (bicyclic) bond motifs is 2. The van der Waals surface area contributed by atoms with Crippen molar-refractivity contribution in [2.75, 3.05) is 12.3 Å². The summed E-state index contributed by atoms with van der Waals surface area (Å²) in [5, 5.41) is 11.1. The van der Waals surface area contributed by atoms with Crippen LogP contribution in [0.15, 0.2) is 49.1 Å². The van der Waals surface area contributed by atoms with Gasteiger partial charge in [0.15, 0.2) is 29.2 Å². The molecule has 11 nitrogen and oxygen atoms in total. The van der Waals surface area contributed by atoms with Crippen LogP contribution in [-0.2, 0) is 13.8 Å². The van der Waals surface area contributed by atoms with Gasteiger partial charge in [0.2, 0.25) is 11.8 Å². The number of nitrogens with zero attached hydrogens (tertiary/aromatic N) is 4. The van der Waals surface area contributed by atoms with Crippen LogP contribution in [0.5, 0.6) is 11.6 Å². The van der Waals surface area contributed by atoms with Gasteiger partial charge in [-0.2, -0.15) is 9.97 Å². The molecule has 1 aliphatic carbocycles. The average Bonchev–Trinajstić information content (AvgIpc) is 3.04. The van der Waals surface area contributed by atoms with E-state index >= 15 is 0 Å². The number of benzene rings is 1. The molecule has 3 heterocycles. The summed E-state index contributed by atoms with van der Waals surface area (Å²) in [6.45, 7) is 5.47. The van der Waals surface area contributed by atoms with Gasteiger partial charge in [-0.1, -0.05) is 24.8 Å². The zero-order chi connectivity index (χ0) is 23.3. The van der Waals surface area contributed by atoms with Crippen molar-refractivity contribution in [2.45, 2.75) is 31.5 Å². The molecule has 1 aromatic carbocycles. The van der Waals surface area contributed by atoms with E-state index < -0.39 is 44.0 Å². The molecule has 2 aromatic heterocycles. The number of halogens is 1. The number of aliphatic hydroxyl groups is 1. The maximum atomic E-state index is 14.6. The van der Waals surface area contributed by atoms with Crippen LogP contribution in [0.25, 0.3) is 11.2 Å². The lowest BCUT2D eigenvalue weighted by molar-refractivity contribution is -0.0707. The minimum absolute atomic E-state index is 0.0637. The van der Waals surface area contributed by atoms with E-state index in [9.17, 15) is 14.1 Å². The summed E-state index contributed by atoms with van der Waals surface area (Å²) < 4.78 is 50.4. The molecule has 1 saturated heterocycles. The predicted molar refractivity (Wildman–Crippen MR) is 113 cm³/mol. The number of aromatic nitrogens is 4. The number of nitrogens with two attached hydrogens (primary N) is 1. The number of hydrogen-bond donors (Lipinski definition) is 2. The monoisotopic (exact) mass is 476 g/mol. The van der Waals surface area contributed by atoms with Crippen molar-refractivity contribution in [1.82, 2.24) is 19.5 Å². The van der Waals surface area contributed by atoms with Crippen LogP contribution in [-0.4, -0.2) is 49.5 Å². The van der Waals surface area contributed by atoms with Gasteiger partial charge in [-0.3, -0.25) is 4.57 Å².